The molecule has 1 saturated heterocycles. The van der Waals surface area contributed by atoms with Gasteiger partial charge < -0.3 is 14.6 Å². The zero-order valence-corrected chi connectivity index (χ0v) is 14.9. The molecule has 5 nitrogen and oxygen atoms in total. The fourth-order valence-corrected chi connectivity index (χ4v) is 4.48. The van der Waals surface area contributed by atoms with Crippen molar-refractivity contribution >= 4 is 16.7 Å². The second kappa shape index (κ2) is 6.90. The fraction of sp³-hybridized carbons (Fsp3) is 0.550. The molecule has 1 aliphatic heterocycles. The van der Waals surface area contributed by atoms with Crippen LogP contribution in [0.15, 0.2) is 24.3 Å². The number of fused-ring (bicyclic) bond motifs is 3. The Morgan fingerprint density at radius 1 is 1.12 bits per heavy atom. The minimum Gasteiger partial charge on any atom is -0.395 e. The van der Waals surface area contributed by atoms with Crippen molar-refractivity contribution < 1.29 is 9.90 Å². The lowest BCUT2D eigenvalue weighted by Gasteiger charge is -2.36. The van der Waals surface area contributed by atoms with E-state index in [1.54, 1.807) is 0 Å². The van der Waals surface area contributed by atoms with E-state index in [4.69, 9.17) is 5.11 Å². The number of aromatic nitrogens is 1. The van der Waals surface area contributed by atoms with E-state index in [9.17, 15) is 4.79 Å². The maximum Gasteiger partial charge on any atom is 0.169 e. The molecule has 2 heterocycles. The molecule has 134 valence electrons. The van der Waals surface area contributed by atoms with Crippen molar-refractivity contribution in [2.75, 3.05) is 45.9 Å². The number of hydrogen-bond donors (Lipinski definition) is 1. The number of aliphatic hydroxyl groups excluding tert-OH is 1. The summed E-state index contributed by atoms with van der Waals surface area (Å²) in [5, 5.41) is 10.2. The first-order valence-corrected chi connectivity index (χ1v) is 9.35. The van der Waals surface area contributed by atoms with Gasteiger partial charge in [0.1, 0.15) is 0 Å². The predicted molar refractivity (Wildman–Crippen MR) is 99.0 cm³/mol. The zero-order chi connectivity index (χ0) is 17.4. The molecule has 1 N–H and O–H groups in total. The lowest BCUT2D eigenvalue weighted by Crippen LogP contribution is -2.49. The van der Waals surface area contributed by atoms with Crippen molar-refractivity contribution in [3.8, 4) is 0 Å². The molecule has 5 heteroatoms. The molecule has 1 fully saturated rings. The molecule has 0 spiro atoms. The number of rotatable bonds is 4. The molecular formula is C20H27N3O2. The summed E-state index contributed by atoms with van der Waals surface area (Å²) in [6.45, 7) is 5.81. The minimum absolute atomic E-state index is 0.114. The molecule has 1 atom stereocenters. The number of carbonyl (C=O) groups is 1. The average Bonchev–Trinajstić information content (AvgIpc) is 2.93. The quantitative estimate of drug-likeness (QED) is 0.916. The summed E-state index contributed by atoms with van der Waals surface area (Å²) in [6.07, 6.45) is 1.94. The van der Waals surface area contributed by atoms with Gasteiger partial charge in [-0.2, -0.15) is 0 Å². The lowest BCUT2D eigenvalue weighted by atomic mass is 9.84. The van der Waals surface area contributed by atoms with Crippen LogP contribution in [0.1, 0.15) is 22.5 Å². The summed E-state index contributed by atoms with van der Waals surface area (Å²) in [5.41, 5.74) is 3.34. The van der Waals surface area contributed by atoms with Crippen LogP contribution in [0.3, 0.4) is 0 Å². The Kier molecular flexibility index (Phi) is 4.63. The van der Waals surface area contributed by atoms with Crippen molar-refractivity contribution in [1.29, 1.82) is 0 Å². The minimum atomic E-state index is 0.114. The standard InChI is InChI=1S/C20H27N3O2/c1-21-17-5-3-2-4-16(17)19-18(21)7-6-15(20(19)25)14-23-10-8-22(9-11-23)12-13-24/h2-5,15,24H,6-14H2,1H3. The largest absolute Gasteiger partial charge is 0.395 e. The summed E-state index contributed by atoms with van der Waals surface area (Å²) in [7, 11) is 2.08. The summed E-state index contributed by atoms with van der Waals surface area (Å²) in [5.74, 6) is 0.443. The molecule has 1 aromatic heterocycles. The van der Waals surface area contributed by atoms with Gasteiger partial charge in [0.15, 0.2) is 5.78 Å². The van der Waals surface area contributed by atoms with Crippen LogP contribution >= 0.6 is 0 Å². The molecular weight excluding hydrogens is 314 g/mol. The Morgan fingerprint density at radius 2 is 1.84 bits per heavy atom. The molecule has 0 bridgehead atoms. The third-order valence-corrected chi connectivity index (χ3v) is 5.93. The first-order valence-electron chi connectivity index (χ1n) is 9.35. The predicted octanol–water partition coefficient (Wildman–Crippen LogP) is 1.53. The van der Waals surface area contributed by atoms with Gasteiger partial charge in [0.05, 0.1) is 6.61 Å². The number of aryl methyl sites for hydroxylation is 1. The number of hydrogen-bond acceptors (Lipinski definition) is 4. The van der Waals surface area contributed by atoms with Crippen LogP contribution in [0, 0.1) is 5.92 Å². The van der Waals surface area contributed by atoms with Crippen molar-refractivity contribution in [1.82, 2.24) is 14.4 Å². The monoisotopic (exact) mass is 341 g/mol. The summed E-state index contributed by atoms with van der Waals surface area (Å²) >= 11 is 0. The molecule has 2 aromatic rings. The van der Waals surface area contributed by atoms with Gasteiger partial charge in [-0.3, -0.25) is 9.69 Å². The highest BCUT2D eigenvalue weighted by molar-refractivity contribution is 6.11. The number of β-amino-alcohol motifs (C(OH)–C–C–N with tert-alkyl or cyclic N) is 1. The van der Waals surface area contributed by atoms with Crippen molar-refractivity contribution in [3.63, 3.8) is 0 Å². The highest BCUT2D eigenvalue weighted by Gasteiger charge is 2.33. The SMILES string of the molecule is Cn1c2c(c3ccccc31)C(=O)C(CN1CCN(CCO)CC1)CC2. The Balaban J connectivity index is 1.50. The second-order valence-corrected chi connectivity index (χ2v) is 7.36. The van der Waals surface area contributed by atoms with Crippen LogP contribution in [-0.4, -0.2) is 71.1 Å². The molecule has 1 unspecified atom stereocenters. The molecule has 0 radical (unpaired) electrons. The van der Waals surface area contributed by atoms with E-state index >= 15 is 0 Å². The highest BCUT2D eigenvalue weighted by atomic mass is 16.3. The van der Waals surface area contributed by atoms with Gasteiger partial charge in [0.25, 0.3) is 0 Å². The Morgan fingerprint density at radius 3 is 2.60 bits per heavy atom. The molecule has 25 heavy (non-hydrogen) atoms. The first-order chi connectivity index (χ1) is 12.2. The van der Waals surface area contributed by atoms with Crippen molar-refractivity contribution in [2.45, 2.75) is 12.8 Å². The van der Waals surface area contributed by atoms with Crippen LogP contribution in [-0.2, 0) is 13.5 Å². The van der Waals surface area contributed by atoms with Gasteiger partial charge in [-0.15, -0.1) is 0 Å². The Bertz CT molecular complexity index is 775. The molecule has 1 aliphatic carbocycles. The second-order valence-electron chi connectivity index (χ2n) is 7.36. The number of carbonyl (C=O) groups excluding carboxylic acids is 1. The molecule has 4 rings (SSSR count). The smallest absolute Gasteiger partial charge is 0.169 e. The van der Waals surface area contributed by atoms with Crippen LogP contribution in [0.25, 0.3) is 10.9 Å². The van der Waals surface area contributed by atoms with E-state index in [0.717, 1.165) is 63.1 Å². The summed E-state index contributed by atoms with van der Waals surface area (Å²) in [6, 6.07) is 8.26. The summed E-state index contributed by atoms with van der Waals surface area (Å²) in [4.78, 5) is 17.9. The Labute approximate surface area is 148 Å². The van der Waals surface area contributed by atoms with E-state index < -0.39 is 0 Å². The van der Waals surface area contributed by atoms with E-state index in [0.29, 0.717) is 5.78 Å². The van der Waals surface area contributed by atoms with E-state index in [1.807, 2.05) is 12.1 Å². The maximum atomic E-state index is 13.2. The average molecular weight is 341 g/mol. The highest BCUT2D eigenvalue weighted by Crippen LogP contribution is 2.34. The molecule has 2 aliphatic rings. The van der Waals surface area contributed by atoms with E-state index in [1.165, 1.54) is 11.2 Å². The van der Waals surface area contributed by atoms with Crippen LogP contribution < -0.4 is 0 Å². The zero-order valence-electron chi connectivity index (χ0n) is 14.9. The number of piperazine rings is 1. The van der Waals surface area contributed by atoms with Gasteiger partial charge in [-0.1, -0.05) is 18.2 Å². The van der Waals surface area contributed by atoms with Crippen LogP contribution in [0.5, 0.6) is 0 Å². The van der Waals surface area contributed by atoms with E-state index in [2.05, 4.69) is 33.5 Å². The molecule has 0 amide bonds. The maximum absolute atomic E-state index is 13.2. The Hall–Kier alpha value is -1.69. The normalized spacial score (nSPS) is 22.5. The molecule has 0 saturated carbocycles. The number of Topliss-reactive ketones (excluding diaryl/α,β-unsaturated/α-hetero) is 1. The molecule has 1 aromatic carbocycles. The van der Waals surface area contributed by atoms with Gasteiger partial charge >= 0.3 is 0 Å². The fourth-order valence-electron chi connectivity index (χ4n) is 4.48. The van der Waals surface area contributed by atoms with Gasteiger partial charge in [-0.05, 0) is 18.9 Å². The van der Waals surface area contributed by atoms with Gasteiger partial charge in [-0.25, -0.2) is 0 Å². The number of ketones is 1. The number of benzene rings is 1. The third-order valence-electron chi connectivity index (χ3n) is 5.93. The number of para-hydroxylation sites is 1. The topological polar surface area (TPSA) is 48.7 Å². The van der Waals surface area contributed by atoms with Crippen LogP contribution in [0.2, 0.25) is 0 Å². The third kappa shape index (κ3) is 3.01. The van der Waals surface area contributed by atoms with E-state index in [-0.39, 0.29) is 12.5 Å². The van der Waals surface area contributed by atoms with Crippen molar-refractivity contribution in [3.05, 3.63) is 35.5 Å². The summed E-state index contributed by atoms with van der Waals surface area (Å²) < 4.78 is 2.20. The van der Waals surface area contributed by atoms with Crippen LogP contribution in [0.4, 0.5) is 0 Å². The van der Waals surface area contributed by atoms with Gasteiger partial charge in [0.2, 0.25) is 0 Å². The van der Waals surface area contributed by atoms with Gasteiger partial charge in [0, 0.05) is 74.4 Å². The van der Waals surface area contributed by atoms with Crippen molar-refractivity contribution in [2.24, 2.45) is 13.0 Å². The lowest BCUT2D eigenvalue weighted by molar-refractivity contribution is 0.0765. The number of nitrogens with zero attached hydrogens (tertiary/aromatic N) is 3. The number of aliphatic hydroxyl groups is 1. The first kappa shape index (κ1) is 16.8.